The lowest BCUT2D eigenvalue weighted by atomic mass is 10.0. The van der Waals surface area contributed by atoms with Gasteiger partial charge in [0.2, 0.25) is 5.91 Å². The van der Waals surface area contributed by atoms with Crippen molar-refractivity contribution in [2.45, 2.75) is 25.9 Å². The van der Waals surface area contributed by atoms with Gasteiger partial charge in [-0.2, -0.15) is 0 Å². The Kier molecular flexibility index (Phi) is 6.86. The maximum atomic E-state index is 11.8. The maximum absolute atomic E-state index is 11.8. The van der Waals surface area contributed by atoms with Crippen LogP contribution in [0.2, 0.25) is 5.02 Å². The van der Waals surface area contributed by atoms with Crippen LogP contribution >= 0.6 is 23.8 Å². The first-order chi connectivity index (χ1) is 17.9. The molecule has 0 radical (unpaired) electrons. The molecule has 0 spiro atoms. The summed E-state index contributed by atoms with van der Waals surface area (Å²) in [6.45, 7) is 3.42. The Labute approximate surface area is 225 Å². The van der Waals surface area contributed by atoms with Crippen molar-refractivity contribution in [1.82, 2.24) is 10.3 Å². The molecule has 9 heteroatoms. The largest absolute Gasteiger partial charge is 0.495 e. The molecule has 2 aromatic carbocycles. The van der Waals surface area contributed by atoms with Crippen LogP contribution < -0.4 is 20.3 Å². The number of pyridine rings is 1. The average Bonchev–Trinajstić information content (AvgIpc) is 3.50. The molecule has 0 aliphatic carbocycles. The number of rotatable bonds is 6. The summed E-state index contributed by atoms with van der Waals surface area (Å²) in [6.07, 6.45) is 1.75. The molecule has 1 fully saturated rings. The number of nitrogens with one attached hydrogen (secondary N) is 2. The van der Waals surface area contributed by atoms with Crippen LogP contribution in [0, 0.1) is 6.92 Å². The Morgan fingerprint density at radius 2 is 2.00 bits per heavy atom. The van der Waals surface area contributed by atoms with Crippen molar-refractivity contribution in [3.8, 4) is 17.1 Å². The van der Waals surface area contributed by atoms with Gasteiger partial charge in [0.05, 0.1) is 24.5 Å². The molecule has 2 unspecified atom stereocenters. The topological polar surface area (TPSA) is 79.6 Å². The number of thiocarbonyl (C=S) groups is 1. The zero-order chi connectivity index (χ0) is 26.1. The standard InChI is InChI=1S/C28H25ClN4O3S/c1-16-19(7-6-8-20(16)29)23-12-13-25(36-23)27-26(21-9-4-5-14-30-21)32-28(37)33(27)18-10-11-24(35-3)22(15-18)31-17(2)34/h4-15,26-27H,1-3H3,(H,31,34)(H,32,37). The Morgan fingerprint density at radius 1 is 1.16 bits per heavy atom. The summed E-state index contributed by atoms with van der Waals surface area (Å²) in [6, 6.07) is 20.3. The molecule has 0 saturated carbocycles. The van der Waals surface area contributed by atoms with E-state index in [9.17, 15) is 4.79 Å². The summed E-state index contributed by atoms with van der Waals surface area (Å²) in [5.74, 6) is 1.76. The Balaban J connectivity index is 1.62. The third-order valence-electron chi connectivity index (χ3n) is 6.32. The number of amides is 1. The van der Waals surface area contributed by atoms with Crippen LogP contribution in [0.3, 0.4) is 0 Å². The maximum Gasteiger partial charge on any atom is 0.221 e. The molecule has 3 heterocycles. The fraction of sp³-hybridized carbons (Fsp3) is 0.179. The summed E-state index contributed by atoms with van der Waals surface area (Å²) in [5, 5.41) is 7.44. The van der Waals surface area contributed by atoms with Crippen LogP contribution in [-0.2, 0) is 4.79 Å². The summed E-state index contributed by atoms with van der Waals surface area (Å²) in [4.78, 5) is 18.4. The SMILES string of the molecule is COc1ccc(N2C(=S)NC(c3ccccn3)C2c2ccc(-c3cccc(Cl)c3C)o2)cc1NC(C)=O. The molecule has 7 nitrogen and oxygen atoms in total. The number of halogens is 1. The van der Waals surface area contributed by atoms with Crippen LogP contribution in [0.1, 0.15) is 36.0 Å². The first-order valence-electron chi connectivity index (χ1n) is 11.7. The van der Waals surface area contributed by atoms with Crippen LogP contribution in [-0.4, -0.2) is 23.1 Å². The van der Waals surface area contributed by atoms with Crippen LogP contribution in [0.15, 0.2) is 77.3 Å². The second-order valence-corrected chi connectivity index (χ2v) is 9.47. The Hall–Kier alpha value is -3.88. The molecule has 5 rings (SSSR count). The highest BCUT2D eigenvalue weighted by Gasteiger charge is 2.42. The number of carbonyl (C=O) groups is 1. The number of nitrogens with zero attached hydrogens (tertiary/aromatic N) is 2. The molecule has 1 aliphatic heterocycles. The zero-order valence-corrected chi connectivity index (χ0v) is 22.1. The van der Waals surface area contributed by atoms with E-state index in [0.29, 0.717) is 33.1 Å². The summed E-state index contributed by atoms with van der Waals surface area (Å²) in [7, 11) is 1.56. The number of hydrogen-bond donors (Lipinski definition) is 2. The number of anilines is 2. The van der Waals surface area contributed by atoms with Gasteiger partial charge >= 0.3 is 0 Å². The van der Waals surface area contributed by atoms with E-state index in [1.165, 1.54) is 6.92 Å². The number of carbonyl (C=O) groups excluding carboxylic acids is 1. The highest BCUT2D eigenvalue weighted by molar-refractivity contribution is 7.80. The van der Waals surface area contributed by atoms with Crippen molar-refractivity contribution in [3.63, 3.8) is 0 Å². The quantitative estimate of drug-likeness (QED) is 0.276. The molecule has 1 amide bonds. The van der Waals surface area contributed by atoms with E-state index in [0.717, 1.165) is 22.5 Å². The molecule has 2 atom stereocenters. The minimum absolute atomic E-state index is 0.201. The van der Waals surface area contributed by atoms with Gasteiger partial charge in [-0.15, -0.1) is 0 Å². The number of ether oxygens (including phenoxy) is 1. The van der Waals surface area contributed by atoms with Gasteiger partial charge in [0, 0.05) is 29.4 Å². The van der Waals surface area contributed by atoms with Gasteiger partial charge in [-0.1, -0.05) is 29.8 Å². The fourth-order valence-electron chi connectivity index (χ4n) is 4.59. The van der Waals surface area contributed by atoms with Gasteiger partial charge in [-0.05, 0) is 73.2 Å². The van der Waals surface area contributed by atoms with E-state index < -0.39 is 0 Å². The average molecular weight is 533 g/mol. The van der Waals surface area contributed by atoms with Gasteiger partial charge in [-0.3, -0.25) is 9.78 Å². The van der Waals surface area contributed by atoms with Gasteiger partial charge in [0.1, 0.15) is 23.3 Å². The molecule has 2 aromatic heterocycles. The number of benzene rings is 2. The number of methoxy groups -OCH3 is 1. The highest BCUT2D eigenvalue weighted by Crippen LogP contribution is 2.44. The number of aromatic nitrogens is 1. The second kappa shape index (κ2) is 10.2. The molecular weight excluding hydrogens is 508 g/mol. The molecule has 1 saturated heterocycles. The first-order valence-corrected chi connectivity index (χ1v) is 12.5. The normalized spacial score (nSPS) is 17.0. The van der Waals surface area contributed by atoms with Gasteiger partial charge in [-0.25, -0.2) is 0 Å². The molecule has 1 aliphatic rings. The van der Waals surface area contributed by atoms with Crippen molar-refractivity contribution in [2.75, 3.05) is 17.3 Å². The highest BCUT2D eigenvalue weighted by atomic mass is 35.5. The van der Waals surface area contributed by atoms with E-state index in [-0.39, 0.29) is 18.0 Å². The van der Waals surface area contributed by atoms with E-state index in [4.69, 9.17) is 33.0 Å². The first kappa shape index (κ1) is 24.8. The van der Waals surface area contributed by atoms with Gasteiger partial charge in [0.25, 0.3) is 0 Å². The van der Waals surface area contributed by atoms with Crippen LogP contribution in [0.5, 0.6) is 5.75 Å². The van der Waals surface area contributed by atoms with E-state index in [2.05, 4.69) is 15.6 Å². The second-order valence-electron chi connectivity index (χ2n) is 8.68. The lowest BCUT2D eigenvalue weighted by Gasteiger charge is -2.27. The molecule has 37 heavy (non-hydrogen) atoms. The third kappa shape index (κ3) is 4.77. The predicted octanol–water partition coefficient (Wildman–Crippen LogP) is 6.45. The van der Waals surface area contributed by atoms with Gasteiger partial charge in [0.15, 0.2) is 5.11 Å². The van der Waals surface area contributed by atoms with Crippen molar-refractivity contribution < 1.29 is 13.9 Å². The van der Waals surface area contributed by atoms with E-state index in [1.807, 2.05) is 72.5 Å². The molecule has 4 aromatic rings. The van der Waals surface area contributed by atoms with Crippen molar-refractivity contribution >= 4 is 46.2 Å². The van der Waals surface area contributed by atoms with Crippen molar-refractivity contribution in [3.05, 3.63) is 95.0 Å². The Morgan fingerprint density at radius 3 is 2.73 bits per heavy atom. The van der Waals surface area contributed by atoms with E-state index >= 15 is 0 Å². The lowest BCUT2D eigenvalue weighted by Crippen LogP contribution is -2.29. The van der Waals surface area contributed by atoms with Crippen LogP contribution in [0.25, 0.3) is 11.3 Å². The predicted molar refractivity (Wildman–Crippen MR) is 149 cm³/mol. The Bertz CT molecular complexity index is 1470. The van der Waals surface area contributed by atoms with Crippen molar-refractivity contribution in [2.24, 2.45) is 0 Å². The number of furan rings is 1. The monoisotopic (exact) mass is 532 g/mol. The zero-order valence-electron chi connectivity index (χ0n) is 20.5. The smallest absolute Gasteiger partial charge is 0.221 e. The van der Waals surface area contributed by atoms with Gasteiger partial charge < -0.3 is 24.7 Å². The minimum atomic E-state index is -0.353. The van der Waals surface area contributed by atoms with Crippen molar-refractivity contribution in [1.29, 1.82) is 0 Å². The molecule has 188 valence electrons. The van der Waals surface area contributed by atoms with E-state index in [1.54, 1.807) is 19.4 Å². The fourth-order valence-corrected chi connectivity index (χ4v) is 5.11. The molecule has 0 bridgehead atoms. The molecular formula is C28H25ClN4O3S. The third-order valence-corrected chi connectivity index (χ3v) is 7.05. The lowest BCUT2D eigenvalue weighted by molar-refractivity contribution is -0.114. The summed E-state index contributed by atoms with van der Waals surface area (Å²) >= 11 is 12.2. The summed E-state index contributed by atoms with van der Waals surface area (Å²) in [5.41, 5.74) is 4.00. The minimum Gasteiger partial charge on any atom is -0.495 e. The van der Waals surface area contributed by atoms with Crippen LogP contribution in [0.4, 0.5) is 11.4 Å². The summed E-state index contributed by atoms with van der Waals surface area (Å²) < 4.78 is 11.9. The number of hydrogen-bond acceptors (Lipinski definition) is 5. The molecule has 2 N–H and O–H groups in total.